The van der Waals surface area contributed by atoms with Gasteiger partial charge in [-0.05, 0) is 43.4 Å². The van der Waals surface area contributed by atoms with Crippen LogP contribution in [0.5, 0.6) is 0 Å². The Kier molecular flexibility index (Phi) is 4.07. The topological polar surface area (TPSA) is 35.2 Å². The molecule has 1 aliphatic rings. The fraction of sp³-hybridized carbons (Fsp3) is 0.538. The van der Waals surface area contributed by atoms with Crippen molar-refractivity contribution in [2.45, 2.75) is 44.4 Å². The Hall–Kier alpha value is -1.00. The van der Waals surface area contributed by atoms with Gasteiger partial charge in [0.2, 0.25) is 0 Å². The first kappa shape index (κ1) is 12.5. The number of nitrogens with two attached hydrogens (primary N) is 1. The van der Waals surface area contributed by atoms with Crippen LogP contribution < -0.4 is 5.73 Å². The first-order valence-corrected chi connectivity index (χ1v) is 5.95. The number of rotatable bonds is 3. The van der Waals surface area contributed by atoms with Gasteiger partial charge < -0.3 is 10.5 Å². The highest BCUT2D eigenvalue weighted by Gasteiger charge is 2.18. The highest BCUT2D eigenvalue weighted by Crippen LogP contribution is 2.21. The minimum atomic E-state index is -0.561. The van der Waals surface area contributed by atoms with Gasteiger partial charge in [-0.2, -0.15) is 0 Å². The molecular weight excluding hydrogens is 224 g/mol. The highest BCUT2D eigenvalue weighted by atomic mass is 19.1. The molecule has 0 aliphatic heterocycles. The van der Waals surface area contributed by atoms with Crippen LogP contribution in [0.4, 0.5) is 8.78 Å². The summed E-state index contributed by atoms with van der Waals surface area (Å²) in [6, 6.07) is 3.75. The fourth-order valence-electron chi connectivity index (χ4n) is 2.16. The molecule has 1 aliphatic carbocycles. The fourth-order valence-corrected chi connectivity index (χ4v) is 2.16. The van der Waals surface area contributed by atoms with E-state index in [-0.39, 0.29) is 18.8 Å². The molecule has 1 aromatic rings. The van der Waals surface area contributed by atoms with Crippen LogP contribution in [0.3, 0.4) is 0 Å². The van der Waals surface area contributed by atoms with Crippen LogP contribution in [0.15, 0.2) is 18.2 Å². The molecule has 0 atom stereocenters. The van der Waals surface area contributed by atoms with Gasteiger partial charge in [0.25, 0.3) is 0 Å². The van der Waals surface area contributed by atoms with Gasteiger partial charge in [0.15, 0.2) is 0 Å². The maximum Gasteiger partial charge on any atom is 0.126 e. The first-order chi connectivity index (χ1) is 8.13. The van der Waals surface area contributed by atoms with E-state index in [0.29, 0.717) is 5.56 Å². The molecule has 0 bridgehead atoms. The van der Waals surface area contributed by atoms with Crippen molar-refractivity contribution >= 4 is 0 Å². The van der Waals surface area contributed by atoms with Crippen molar-refractivity contribution in [3.63, 3.8) is 0 Å². The smallest absolute Gasteiger partial charge is 0.126 e. The molecule has 0 saturated heterocycles. The summed E-state index contributed by atoms with van der Waals surface area (Å²) in [7, 11) is 0. The summed E-state index contributed by atoms with van der Waals surface area (Å²) in [6.07, 6.45) is 3.95. The average Bonchev–Trinajstić information content (AvgIpc) is 2.27. The van der Waals surface area contributed by atoms with Crippen LogP contribution in [0, 0.1) is 11.6 Å². The maximum absolute atomic E-state index is 12.9. The maximum atomic E-state index is 12.9. The largest absolute Gasteiger partial charge is 0.374 e. The zero-order chi connectivity index (χ0) is 12.3. The normalized spacial score (nSPS) is 24.9. The van der Waals surface area contributed by atoms with E-state index in [9.17, 15) is 8.78 Å². The van der Waals surface area contributed by atoms with Crippen LogP contribution in [0.25, 0.3) is 0 Å². The molecule has 1 saturated carbocycles. The van der Waals surface area contributed by atoms with E-state index in [2.05, 4.69) is 0 Å². The molecule has 0 amide bonds. The van der Waals surface area contributed by atoms with Crippen molar-refractivity contribution in [3.05, 3.63) is 35.4 Å². The molecule has 2 nitrogen and oxygen atoms in total. The van der Waals surface area contributed by atoms with Gasteiger partial charge in [0.1, 0.15) is 11.6 Å². The van der Waals surface area contributed by atoms with E-state index in [1.807, 2.05) is 0 Å². The molecule has 2 N–H and O–H groups in total. The summed E-state index contributed by atoms with van der Waals surface area (Å²) in [4.78, 5) is 0. The lowest BCUT2D eigenvalue weighted by Crippen LogP contribution is -2.30. The van der Waals surface area contributed by atoms with Crippen molar-refractivity contribution in [2.75, 3.05) is 0 Å². The van der Waals surface area contributed by atoms with Crippen LogP contribution in [-0.2, 0) is 11.3 Å². The van der Waals surface area contributed by atoms with Crippen LogP contribution >= 0.6 is 0 Å². The van der Waals surface area contributed by atoms with Crippen molar-refractivity contribution in [1.29, 1.82) is 0 Å². The molecule has 1 aromatic carbocycles. The molecule has 2 rings (SSSR count). The van der Waals surface area contributed by atoms with Gasteiger partial charge in [-0.1, -0.05) is 0 Å². The monoisotopic (exact) mass is 241 g/mol. The van der Waals surface area contributed by atoms with E-state index >= 15 is 0 Å². The molecule has 94 valence electrons. The van der Waals surface area contributed by atoms with E-state index in [0.717, 1.165) is 31.7 Å². The molecule has 17 heavy (non-hydrogen) atoms. The predicted octanol–water partition coefficient (Wildman–Crippen LogP) is 2.75. The van der Waals surface area contributed by atoms with Gasteiger partial charge in [-0.25, -0.2) is 8.78 Å². The number of halogens is 2. The molecule has 0 heterocycles. The Morgan fingerprint density at radius 2 is 1.65 bits per heavy atom. The summed E-state index contributed by atoms with van der Waals surface area (Å²) in [6.45, 7) is 0.259. The second-order valence-corrected chi connectivity index (χ2v) is 4.63. The summed E-state index contributed by atoms with van der Waals surface area (Å²) >= 11 is 0. The lowest BCUT2D eigenvalue weighted by Gasteiger charge is -2.26. The third-order valence-electron chi connectivity index (χ3n) is 3.13. The molecule has 0 aromatic heterocycles. The summed E-state index contributed by atoms with van der Waals surface area (Å²) in [5.41, 5.74) is 6.33. The summed E-state index contributed by atoms with van der Waals surface area (Å²) < 4.78 is 31.5. The van der Waals surface area contributed by atoms with Gasteiger partial charge in [0, 0.05) is 12.1 Å². The van der Waals surface area contributed by atoms with Crippen molar-refractivity contribution in [3.8, 4) is 0 Å². The average molecular weight is 241 g/mol. The van der Waals surface area contributed by atoms with Gasteiger partial charge in [-0.3, -0.25) is 0 Å². The number of hydrogen-bond donors (Lipinski definition) is 1. The molecule has 4 heteroatoms. The van der Waals surface area contributed by atoms with E-state index in [1.54, 1.807) is 0 Å². The molecular formula is C13H17F2NO. The van der Waals surface area contributed by atoms with E-state index < -0.39 is 11.6 Å². The molecule has 0 unspecified atom stereocenters. The zero-order valence-corrected chi connectivity index (χ0v) is 9.66. The number of hydrogen-bond acceptors (Lipinski definition) is 2. The third-order valence-corrected chi connectivity index (χ3v) is 3.13. The lowest BCUT2D eigenvalue weighted by molar-refractivity contribution is 0.0136. The van der Waals surface area contributed by atoms with Crippen LogP contribution in [0.1, 0.15) is 31.2 Å². The van der Waals surface area contributed by atoms with E-state index in [1.165, 1.54) is 12.1 Å². The Balaban J connectivity index is 1.85. The Bertz CT molecular complexity index is 355. The van der Waals surface area contributed by atoms with Crippen LogP contribution in [0.2, 0.25) is 0 Å². The van der Waals surface area contributed by atoms with Gasteiger partial charge in [-0.15, -0.1) is 0 Å². The van der Waals surface area contributed by atoms with E-state index in [4.69, 9.17) is 10.5 Å². The Morgan fingerprint density at radius 1 is 1.06 bits per heavy atom. The minimum absolute atomic E-state index is 0.168. The lowest BCUT2D eigenvalue weighted by atomic mass is 9.94. The predicted molar refractivity (Wildman–Crippen MR) is 61.4 cm³/mol. The summed E-state index contributed by atoms with van der Waals surface area (Å²) in [5.74, 6) is -1.12. The third kappa shape index (κ3) is 3.75. The van der Waals surface area contributed by atoms with Gasteiger partial charge >= 0.3 is 0 Å². The SMILES string of the molecule is NC1CCC(OCc2cc(F)cc(F)c2)CC1. The molecule has 0 radical (unpaired) electrons. The Morgan fingerprint density at radius 3 is 2.24 bits per heavy atom. The minimum Gasteiger partial charge on any atom is -0.374 e. The first-order valence-electron chi connectivity index (χ1n) is 5.95. The van der Waals surface area contributed by atoms with Gasteiger partial charge in [0.05, 0.1) is 12.7 Å². The summed E-state index contributed by atoms with van der Waals surface area (Å²) in [5, 5.41) is 0. The zero-order valence-electron chi connectivity index (χ0n) is 9.66. The van der Waals surface area contributed by atoms with Crippen molar-refractivity contribution in [2.24, 2.45) is 5.73 Å². The number of benzene rings is 1. The standard InChI is InChI=1S/C13H17F2NO/c14-10-5-9(6-11(15)7-10)8-17-13-3-1-12(16)2-4-13/h5-7,12-13H,1-4,8,16H2. The van der Waals surface area contributed by atoms with Crippen LogP contribution in [-0.4, -0.2) is 12.1 Å². The van der Waals surface area contributed by atoms with Crippen molar-refractivity contribution in [1.82, 2.24) is 0 Å². The Labute approximate surface area is 99.8 Å². The van der Waals surface area contributed by atoms with Crippen molar-refractivity contribution < 1.29 is 13.5 Å². The molecule has 0 spiro atoms. The highest BCUT2D eigenvalue weighted by molar-refractivity contribution is 5.17. The molecule has 1 fully saturated rings. The number of ether oxygens (including phenoxy) is 1. The quantitative estimate of drug-likeness (QED) is 0.883. The second-order valence-electron chi connectivity index (χ2n) is 4.63. The second kappa shape index (κ2) is 5.56.